The highest BCUT2D eigenvalue weighted by atomic mass is 32.2. The zero-order chi connectivity index (χ0) is 10.7. The molecule has 1 aromatic heterocycles. The van der Waals surface area contributed by atoms with Crippen LogP contribution in [0.3, 0.4) is 0 Å². The van der Waals surface area contributed by atoms with Gasteiger partial charge in [-0.05, 0) is 44.1 Å². The number of hydrogen-bond acceptors (Lipinski definition) is 4. The molecular formula is C11H17N3S. The molecule has 3 nitrogen and oxygen atoms in total. The first-order chi connectivity index (χ1) is 7.29. The zero-order valence-electron chi connectivity index (χ0n) is 9.23. The maximum Gasteiger partial charge on any atom is 0.148 e. The van der Waals surface area contributed by atoms with Crippen molar-refractivity contribution < 1.29 is 0 Å². The predicted molar refractivity (Wildman–Crippen MR) is 64.2 cm³/mol. The molecule has 1 fully saturated rings. The van der Waals surface area contributed by atoms with Crippen LogP contribution >= 0.6 is 11.8 Å². The van der Waals surface area contributed by atoms with Gasteiger partial charge in [-0.25, -0.2) is 0 Å². The Bertz CT molecular complexity index is 308. The lowest BCUT2D eigenvalue weighted by molar-refractivity contribution is 0.284. The van der Waals surface area contributed by atoms with Gasteiger partial charge >= 0.3 is 0 Å². The quantitative estimate of drug-likeness (QED) is 0.797. The van der Waals surface area contributed by atoms with Crippen LogP contribution in [0, 0.1) is 5.92 Å². The molecule has 1 heterocycles. The van der Waals surface area contributed by atoms with Crippen LogP contribution in [0.5, 0.6) is 0 Å². The van der Waals surface area contributed by atoms with Crippen molar-refractivity contribution in [1.82, 2.24) is 10.2 Å². The van der Waals surface area contributed by atoms with Crippen LogP contribution in [0.15, 0.2) is 17.2 Å². The van der Waals surface area contributed by atoms with E-state index in [0.29, 0.717) is 6.04 Å². The van der Waals surface area contributed by atoms with Gasteiger partial charge in [0.15, 0.2) is 0 Å². The Morgan fingerprint density at radius 3 is 2.67 bits per heavy atom. The van der Waals surface area contributed by atoms with Gasteiger partial charge in [0, 0.05) is 6.04 Å². The lowest BCUT2D eigenvalue weighted by Crippen LogP contribution is -2.31. The van der Waals surface area contributed by atoms with E-state index in [2.05, 4.69) is 22.4 Å². The third-order valence-corrected chi connectivity index (χ3v) is 3.72. The van der Waals surface area contributed by atoms with E-state index >= 15 is 0 Å². The van der Waals surface area contributed by atoms with Crippen LogP contribution in [-0.2, 0) is 0 Å². The highest BCUT2D eigenvalue weighted by Crippen LogP contribution is 2.30. The molecule has 0 spiro atoms. The van der Waals surface area contributed by atoms with Crippen LogP contribution in [0.4, 0.5) is 5.82 Å². The fraction of sp³-hybridized carbons (Fsp3) is 0.636. The normalized spacial score (nSPS) is 18.3. The van der Waals surface area contributed by atoms with Crippen LogP contribution in [0.1, 0.15) is 26.2 Å². The third kappa shape index (κ3) is 2.62. The minimum absolute atomic E-state index is 0.521. The van der Waals surface area contributed by atoms with Gasteiger partial charge in [0.05, 0.1) is 0 Å². The van der Waals surface area contributed by atoms with Gasteiger partial charge in [0.25, 0.3) is 0 Å². The van der Waals surface area contributed by atoms with Crippen molar-refractivity contribution in [2.45, 2.75) is 37.3 Å². The lowest BCUT2D eigenvalue weighted by atomic mass is 9.80. The summed E-state index contributed by atoms with van der Waals surface area (Å²) in [6.45, 7) is 2.23. The van der Waals surface area contributed by atoms with E-state index in [4.69, 9.17) is 0 Å². The summed E-state index contributed by atoms with van der Waals surface area (Å²) in [5, 5.41) is 12.6. The van der Waals surface area contributed by atoms with Gasteiger partial charge in [-0.1, -0.05) is 6.42 Å². The van der Waals surface area contributed by atoms with Gasteiger partial charge in [0.1, 0.15) is 10.8 Å². The van der Waals surface area contributed by atoms with Gasteiger partial charge in [-0.3, -0.25) is 0 Å². The fourth-order valence-electron chi connectivity index (χ4n) is 1.80. The van der Waals surface area contributed by atoms with Crippen molar-refractivity contribution in [3.05, 3.63) is 12.1 Å². The molecule has 1 aromatic rings. The van der Waals surface area contributed by atoms with Crippen LogP contribution in [0.25, 0.3) is 0 Å². The topological polar surface area (TPSA) is 37.8 Å². The fourth-order valence-corrected chi connectivity index (χ4v) is 2.12. The summed E-state index contributed by atoms with van der Waals surface area (Å²) in [4.78, 5) is 0. The van der Waals surface area contributed by atoms with Gasteiger partial charge < -0.3 is 5.32 Å². The molecule has 1 unspecified atom stereocenters. The standard InChI is InChI=1S/C11H17N3S/c1-8(9-4-3-5-9)12-10-6-7-11(15-2)14-13-10/h6-9H,3-5H2,1-2H3,(H,12,13). The zero-order valence-corrected chi connectivity index (χ0v) is 10.0. The molecule has 1 aliphatic rings. The number of nitrogens with one attached hydrogen (secondary N) is 1. The van der Waals surface area contributed by atoms with Crippen molar-refractivity contribution >= 4 is 17.6 Å². The average molecular weight is 223 g/mol. The van der Waals surface area contributed by atoms with Gasteiger partial charge in [-0.15, -0.1) is 22.0 Å². The Balaban J connectivity index is 1.91. The summed E-state index contributed by atoms with van der Waals surface area (Å²) in [5.74, 6) is 1.72. The molecule has 0 aliphatic heterocycles. The molecule has 1 saturated carbocycles. The summed E-state index contributed by atoms with van der Waals surface area (Å²) < 4.78 is 0. The maximum absolute atomic E-state index is 4.15. The molecule has 2 rings (SSSR count). The summed E-state index contributed by atoms with van der Waals surface area (Å²) in [5.41, 5.74) is 0. The molecule has 0 aromatic carbocycles. The van der Waals surface area contributed by atoms with E-state index in [9.17, 15) is 0 Å². The molecular weight excluding hydrogens is 206 g/mol. The Morgan fingerprint density at radius 1 is 1.40 bits per heavy atom. The predicted octanol–water partition coefficient (Wildman–Crippen LogP) is 2.80. The number of hydrogen-bond donors (Lipinski definition) is 1. The second kappa shape index (κ2) is 4.84. The molecule has 0 amide bonds. The summed E-state index contributed by atoms with van der Waals surface area (Å²) in [6.07, 6.45) is 6.09. The maximum atomic E-state index is 4.15. The molecule has 0 saturated heterocycles. The highest BCUT2D eigenvalue weighted by molar-refractivity contribution is 7.98. The Labute approximate surface area is 95.1 Å². The SMILES string of the molecule is CSc1ccc(NC(C)C2CCC2)nn1. The molecule has 0 bridgehead atoms. The minimum atomic E-state index is 0.521. The largest absolute Gasteiger partial charge is 0.366 e. The van der Waals surface area contributed by atoms with Crippen molar-refractivity contribution in [3.8, 4) is 0 Å². The van der Waals surface area contributed by atoms with E-state index in [-0.39, 0.29) is 0 Å². The average Bonchev–Trinajstić information content (AvgIpc) is 2.16. The smallest absolute Gasteiger partial charge is 0.148 e. The second-order valence-corrected chi connectivity index (χ2v) is 4.91. The van der Waals surface area contributed by atoms with Crippen LogP contribution in [-0.4, -0.2) is 22.5 Å². The number of thioether (sulfide) groups is 1. The molecule has 4 heteroatoms. The first kappa shape index (κ1) is 10.7. The van der Waals surface area contributed by atoms with E-state index in [1.165, 1.54) is 19.3 Å². The lowest BCUT2D eigenvalue weighted by Gasteiger charge is -2.32. The summed E-state index contributed by atoms with van der Waals surface area (Å²) in [7, 11) is 0. The summed E-state index contributed by atoms with van der Waals surface area (Å²) in [6, 6.07) is 4.54. The van der Waals surface area contributed by atoms with Crippen LogP contribution in [0.2, 0.25) is 0 Å². The number of anilines is 1. The van der Waals surface area contributed by atoms with E-state index in [1.807, 2.05) is 18.4 Å². The molecule has 15 heavy (non-hydrogen) atoms. The molecule has 1 atom stereocenters. The Morgan fingerprint density at radius 2 is 2.20 bits per heavy atom. The van der Waals surface area contributed by atoms with Gasteiger partial charge in [-0.2, -0.15) is 0 Å². The van der Waals surface area contributed by atoms with Crippen molar-refractivity contribution in [2.75, 3.05) is 11.6 Å². The molecule has 82 valence electrons. The van der Waals surface area contributed by atoms with Crippen molar-refractivity contribution in [2.24, 2.45) is 5.92 Å². The van der Waals surface area contributed by atoms with Crippen molar-refractivity contribution in [3.63, 3.8) is 0 Å². The Hall–Kier alpha value is -0.770. The number of rotatable bonds is 4. The second-order valence-electron chi connectivity index (χ2n) is 4.08. The van der Waals surface area contributed by atoms with Crippen LogP contribution < -0.4 is 5.32 Å². The number of nitrogens with zero attached hydrogens (tertiary/aromatic N) is 2. The molecule has 1 N–H and O–H groups in total. The monoisotopic (exact) mass is 223 g/mol. The minimum Gasteiger partial charge on any atom is -0.366 e. The van der Waals surface area contributed by atoms with E-state index in [1.54, 1.807) is 11.8 Å². The van der Waals surface area contributed by atoms with Gasteiger partial charge in [0.2, 0.25) is 0 Å². The molecule has 0 radical (unpaired) electrons. The third-order valence-electron chi connectivity index (χ3n) is 3.08. The van der Waals surface area contributed by atoms with E-state index in [0.717, 1.165) is 16.8 Å². The van der Waals surface area contributed by atoms with E-state index < -0.39 is 0 Å². The van der Waals surface area contributed by atoms with Crippen molar-refractivity contribution in [1.29, 1.82) is 0 Å². The Kier molecular flexibility index (Phi) is 3.46. The first-order valence-electron chi connectivity index (χ1n) is 5.44. The molecule has 1 aliphatic carbocycles. The first-order valence-corrected chi connectivity index (χ1v) is 6.66. The number of aromatic nitrogens is 2. The summed E-state index contributed by atoms with van der Waals surface area (Å²) >= 11 is 1.62. The highest BCUT2D eigenvalue weighted by Gasteiger charge is 2.23.